The van der Waals surface area contributed by atoms with Gasteiger partial charge in [-0.15, -0.1) is 11.6 Å². The van der Waals surface area contributed by atoms with Crippen LogP contribution >= 0.6 is 11.6 Å². The highest BCUT2D eigenvalue weighted by Gasteiger charge is 2.18. The molecule has 20 heavy (non-hydrogen) atoms. The molecule has 2 rings (SSSR count). The summed E-state index contributed by atoms with van der Waals surface area (Å²) in [6.07, 6.45) is 1.50. The van der Waals surface area contributed by atoms with Gasteiger partial charge in [-0.1, -0.05) is 0 Å². The lowest BCUT2D eigenvalue weighted by Gasteiger charge is -2.08. The predicted octanol–water partition coefficient (Wildman–Crippen LogP) is 3.97. The fourth-order valence-electron chi connectivity index (χ4n) is 1.63. The summed E-state index contributed by atoms with van der Waals surface area (Å²) in [5.74, 6) is -0.341. The zero-order valence-electron chi connectivity index (χ0n) is 10.5. The van der Waals surface area contributed by atoms with Crippen molar-refractivity contribution >= 4 is 17.3 Å². The van der Waals surface area contributed by atoms with Crippen molar-refractivity contribution in [3.05, 3.63) is 57.5 Å². The van der Waals surface area contributed by atoms with E-state index in [0.717, 1.165) is 23.8 Å². The molecule has 5 nitrogen and oxygen atoms in total. The summed E-state index contributed by atoms with van der Waals surface area (Å²) in [5, 5.41) is 10.9. The van der Waals surface area contributed by atoms with E-state index in [2.05, 4.69) is 4.98 Å². The molecule has 0 bridgehead atoms. The summed E-state index contributed by atoms with van der Waals surface area (Å²) < 4.78 is 18.5. The van der Waals surface area contributed by atoms with Crippen LogP contribution in [0, 0.1) is 22.9 Å². The molecule has 0 amide bonds. The number of alkyl halides is 1. The molecule has 1 aromatic carbocycles. The number of rotatable bonds is 4. The normalized spacial score (nSPS) is 10.3. The van der Waals surface area contributed by atoms with Gasteiger partial charge in [0.2, 0.25) is 11.6 Å². The molecular formula is C13H10ClFN2O3. The van der Waals surface area contributed by atoms with Crippen LogP contribution < -0.4 is 4.74 Å². The highest BCUT2D eigenvalue weighted by Crippen LogP contribution is 2.32. The summed E-state index contributed by atoms with van der Waals surface area (Å²) in [5.41, 5.74) is 1.13. The maximum atomic E-state index is 13.2. The molecule has 0 aliphatic heterocycles. The maximum Gasteiger partial charge on any atom is 0.311 e. The molecule has 104 valence electrons. The van der Waals surface area contributed by atoms with Crippen molar-refractivity contribution in [2.24, 2.45) is 0 Å². The predicted molar refractivity (Wildman–Crippen MR) is 71.7 cm³/mol. The molecule has 0 fully saturated rings. The molecule has 0 saturated carbocycles. The highest BCUT2D eigenvalue weighted by molar-refractivity contribution is 6.17. The first-order valence-corrected chi connectivity index (χ1v) is 6.18. The van der Waals surface area contributed by atoms with Gasteiger partial charge in [0.05, 0.1) is 4.92 Å². The van der Waals surface area contributed by atoms with E-state index >= 15 is 0 Å². The summed E-state index contributed by atoms with van der Waals surface area (Å²) >= 11 is 5.68. The van der Waals surface area contributed by atoms with Crippen molar-refractivity contribution in [3.63, 3.8) is 0 Å². The molecule has 0 saturated heterocycles. The zero-order valence-corrected chi connectivity index (χ0v) is 11.2. The minimum Gasteiger partial charge on any atom is -0.431 e. The van der Waals surface area contributed by atoms with Gasteiger partial charge in [-0.25, -0.2) is 9.37 Å². The molecule has 1 aromatic heterocycles. The maximum absolute atomic E-state index is 13.2. The lowest BCUT2D eigenvalue weighted by Crippen LogP contribution is -1.97. The van der Waals surface area contributed by atoms with Crippen molar-refractivity contribution < 1.29 is 14.1 Å². The number of nitro benzene ring substituents is 1. The third kappa shape index (κ3) is 3.03. The van der Waals surface area contributed by atoms with Gasteiger partial charge in [-0.3, -0.25) is 10.1 Å². The highest BCUT2D eigenvalue weighted by atomic mass is 35.5. The Labute approximate surface area is 119 Å². The quantitative estimate of drug-likeness (QED) is 0.486. The Kier molecular flexibility index (Phi) is 4.14. The van der Waals surface area contributed by atoms with E-state index in [0.29, 0.717) is 11.4 Å². The van der Waals surface area contributed by atoms with Crippen LogP contribution in [0.5, 0.6) is 11.6 Å². The van der Waals surface area contributed by atoms with Crippen molar-refractivity contribution in [2.45, 2.75) is 12.8 Å². The Morgan fingerprint density at radius 2 is 2.20 bits per heavy atom. The minimum atomic E-state index is -0.642. The second kappa shape index (κ2) is 5.83. The third-order valence-corrected chi connectivity index (χ3v) is 2.87. The molecule has 0 aliphatic carbocycles. The Morgan fingerprint density at radius 1 is 1.45 bits per heavy atom. The van der Waals surface area contributed by atoms with Gasteiger partial charge in [0.1, 0.15) is 5.82 Å². The number of nitrogens with zero attached hydrogens (tertiary/aromatic N) is 2. The SMILES string of the molecule is Cc1cc(CCl)cnc1Oc1cc(F)ccc1[N+](=O)[O-]. The molecular weight excluding hydrogens is 287 g/mol. The molecule has 2 aromatic rings. The van der Waals surface area contributed by atoms with E-state index in [9.17, 15) is 14.5 Å². The van der Waals surface area contributed by atoms with Crippen molar-refractivity contribution in [1.29, 1.82) is 0 Å². The number of hydrogen-bond acceptors (Lipinski definition) is 4. The smallest absolute Gasteiger partial charge is 0.311 e. The van der Waals surface area contributed by atoms with E-state index in [4.69, 9.17) is 16.3 Å². The van der Waals surface area contributed by atoms with Crippen LogP contribution in [0.1, 0.15) is 11.1 Å². The van der Waals surface area contributed by atoms with E-state index in [1.807, 2.05) is 0 Å². The summed E-state index contributed by atoms with van der Waals surface area (Å²) in [4.78, 5) is 14.3. The van der Waals surface area contributed by atoms with Crippen molar-refractivity contribution in [3.8, 4) is 11.6 Å². The molecule has 0 N–H and O–H groups in total. The molecule has 0 radical (unpaired) electrons. The van der Waals surface area contributed by atoms with Crippen LogP contribution in [0.3, 0.4) is 0 Å². The van der Waals surface area contributed by atoms with Crippen LogP contribution in [0.2, 0.25) is 0 Å². The van der Waals surface area contributed by atoms with Gasteiger partial charge < -0.3 is 4.74 Å². The summed E-state index contributed by atoms with van der Waals surface area (Å²) in [6, 6.07) is 4.75. The average molecular weight is 297 g/mol. The van der Waals surface area contributed by atoms with Gasteiger partial charge >= 0.3 is 5.69 Å². The fourth-order valence-corrected chi connectivity index (χ4v) is 1.77. The lowest BCUT2D eigenvalue weighted by molar-refractivity contribution is -0.385. The first-order chi connectivity index (χ1) is 9.51. The van der Waals surface area contributed by atoms with Crippen LogP contribution in [-0.4, -0.2) is 9.91 Å². The second-order valence-electron chi connectivity index (χ2n) is 4.07. The first-order valence-electron chi connectivity index (χ1n) is 5.64. The van der Waals surface area contributed by atoms with Gasteiger partial charge in [0, 0.05) is 29.8 Å². The molecule has 1 heterocycles. The molecule has 0 atom stereocenters. The number of aryl methyl sites for hydroxylation is 1. The number of hydrogen-bond donors (Lipinski definition) is 0. The van der Waals surface area contributed by atoms with E-state index in [-0.39, 0.29) is 17.3 Å². The van der Waals surface area contributed by atoms with Crippen molar-refractivity contribution in [1.82, 2.24) is 4.98 Å². The molecule has 0 spiro atoms. The van der Waals surface area contributed by atoms with E-state index in [1.54, 1.807) is 13.0 Å². The number of halogens is 2. The zero-order chi connectivity index (χ0) is 14.7. The van der Waals surface area contributed by atoms with E-state index < -0.39 is 10.7 Å². The largest absolute Gasteiger partial charge is 0.431 e. The van der Waals surface area contributed by atoms with Crippen LogP contribution in [0.4, 0.5) is 10.1 Å². The number of benzene rings is 1. The number of nitro groups is 1. The lowest BCUT2D eigenvalue weighted by atomic mass is 10.2. The van der Waals surface area contributed by atoms with Gasteiger partial charge in [0.25, 0.3) is 0 Å². The number of ether oxygens (including phenoxy) is 1. The van der Waals surface area contributed by atoms with Crippen LogP contribution in [0.25, 0.3) is 0 Å². The van der Waals surface area contributed by atoms with E-state index in [1.165, 1.54) is 6.20 Å². The summed E-state index contributed by atoms with van der Waals surface area (Å²) in [6.45, 7) is 1.73. The third-order valence-electron chi connectivity index (χ3n) is 2.57. The first kappa shape index (κ1) is 14.2. The van der Waals surface area contributed by atoms with Crippen LogP contribution in [0.15, 0.2) is 30.5 Å². The van der Waals surface area contributed by atoms with Crippen molar-refractivity contribution in [2.75, 3.05) is 0 Å². The summed E-state index contributed by atoms with van der Waals surface area (Å²) in [7, 11) is 0. The Hall–Kier alpha value is -2.21. The molecule has 0 aliphatic rings. The topological polar surface area (TPSA) is 65.3 Å². The van der Waals surface area contributed by atoms with Gasteiger partial charge in [-0.2, -0.15) is 0 Å². The number of pyridine rings is 1. The second-order valence-corrected chi connectivity index (χ2v) is 4.34. The Balaban J connectivity index is 2.39. The number of aromatic nitrogens is 1. The Morgan fingerprint density at radius 3 is 2.80 bits per heavy atom. The monoisotopic (exact) mass is 296 g/mol. The fraction of sp³-hybridized carbons (Fsp3) is 0.154. The standard InChI is InChI=1S/C13H10ClFN2O3/c1-8-4-9(6-14)7-16-13(8)20-12-5-10(15)2-3-11(12)17(18)19/h2-5,7H,6H2,1H3. The molecule has 0 unspecified atom stereocenters. The average Bonchev–Trinajstić information content (AvgIpc) is 2.40. The van der Waals surface area contributed by atoms with Crippen LogP contribution in [-0.2, 0) is 5.88 Å². The van der Waals surface area contributed by atoms with Gasteiger partial charge in [0.15, 0.2) is 0 Å². The minimum absolute atomic E-state index is 0.174. The Bertz CT molecular complexity index is 664. The molecule has 7 heteroatoms. The van der Waals surface area contributed by atoms with Gasteiger partial charge in [-0.05, 0) is 24.6 Å².